The third-order valence-corrected chi connectivity index (χ3v) is 5.12. The van der Waals surface area contributed by atoms with Crippen molar-refractivity contribution in [2.75, 3.05) is 0 Å². The van der Waals surface area contributed by atoms with Crippen LogP contribution in [-0.2, 0) is 237 Å². The minimum atomic E-state index is 0. The molecule has 1 aliphatic rings. The van der Waals surface area contributed by atoms with Gasteiger partial charge in [0.2, 0.25) is 0 Å². The summed E-state index contributed by atoms with van der Waals surface area (Å²) in [6.07, 6.45) is 22.6. The van der Waals surface area contributed by atoms with Gasteiger partial charge in [-0.3, -0.25) is 15.0 Å². The molecular weight excluding hydrogens is 1610 g/mol. The Hall–Kier alpha value is 3.62. The van der Waals surface area contributed by atoms with Gasteiger partial charge in [-0.15, -0.1) is 0 Å². The van der Waals surface area contributed by atoms with Crippen LogP contribution in [0.5, 0.6) is 0 Å². The zero-order valence-corrected chi connectivity index (χ0v) is 69.4. The predicted octanol–water partition coefficient (Wildman–Crippen LogP) is 17.4. The molecular formula is C53H100N5W2Y6-7. The van der Waals surface area contributed by atoms with E-state index in [-0.39, 0.29) is 269 Å². The fraction of sp³-hybridized carbons (Fsp3) is 0.396. The normalized spacial score (nSPS) is 6.61. The van der Waals surface area contributed by atoms with Crippen molar-refractivity contribution in [1.82, 2.24) is 24.9 Å². The van der Waals surface area contributed by atoms with E-state index in [1.807, 2.05) is 166 Å². The second-order valence-corrected chi connectivity index (χ2v) is 10.0. The molecule has 1 aliphatic carbocycles. The summed E-state index contributed by atoms with van der Waals surface area (Å²) in [4.78, 5) is 19.3. The number of rotatable bonds is 2. The van der Waals surface area contributed by atoms with Crippen molar-refractivity contribution in [2.45, 2.75) is 145 Å². The Balaban J connectivity index is -0.0000000178. The van der Waals surface area contributed by atoms with Crippen LogP contribution in [0.25, 0.3) is 0 Å². The molecule has 0 saturated carbocycles. The zero-order chi connectivity index (χ0) is 41.8. The summed E-state index contributed by atoms with van der Waals surface area (Å²) in [7, 11) is 0. The molecule has 0 unspecified atom stereocenters. The Morgan fingerprint density at radius 3 is 1.09 bits per heavy atom. The minimum Gasteiger partial charge on any atom is -0.358 e. The van der Waals surface area contributed by atoms with Crippen LogP contribution in [0.2, 0.25) is 0 Å². The number of nitrogens with zero attached hydrogens (tertiary/aromatic N) is 5. The minimum absolute atomic E-state index is 0. The van der Waals surface area contributed by atoms with E-state index in [4.69, 9.17) is 6.58 Å². The number of hydrogen-bond acceptors (Lipinski definition) is 5. The largest absolute Gasteiger partial charge is 0.358 e. The average molecular weight is 1710 g/mol. The molecule has 374 valence electrons. The van der Waals surface area contributed by atoms with Crippen LogP contribution >= 0.6 is 0 Å². The Labute approximate surface area is 595 Å². The van der Waals surface area contributed by atoms with Gasteiger partial charge in [-0.05, 0) is 88.1 Å². The topological polar surface area (TPSA) is 64.5 Å². The molecule has 5 rings (SSSR count). The second kappa shape index (κ2) is 138. The van der Waals surface area contributed by atoms with E-state index in [2.05, 4.69) is 54.5 Å². The standard InChI is InChI=1S/3C6H7N.C6H8.C5H6N2.C5H7.6C2H6.CH4.6CH3.2W.6Y/c1-6-2-4-7-5-3-6;1-6-3-2-4-7-5-6;1-6-4-2-3-5-7-6;1-6-4-2-3-5-6;1-5-2-6-4-7-3-5;1-4-5(2)3;6*1-2;;;;;;;;;;;;;;;/h3*2-5H,1H3;2-4H,5H2,1H3;2-4H,1H3;1-2H,4H2,3H3;6*1-2H3;1H4;6*1H3;;;;;;;;/q;;;;;-1;;;;;;;;6*-1;;;;;;;;. The Morgan fingerprint density at radius 1 is 0.545 bits per heavy atom. The number of aryl methyl sites for hydroxylation is 4. The monoisotopic (exact) mass is 1710 g/mol. The Morgan fingerprint density at radius 2 is 0.955 bits per heavy atom. The molecule has 0 bridgehead atoms. The summed E-state index contributed by atoms with van der Waals surface area (Å²) in [5, 5.41) is 0. The maximum absolute atomic E-state index is 5.30. The Kier molecular flexibility index (Phi) is 291. The van der Waals surface area contributed by atoms with E-state index in [0.29, 0.717) is 0 Å². The number of pyridine rings is 3. The molecule has 0 amide bonds. The number of hydrogen-bond donors (Lipinski definition) is 0. The molecule has 4 aromatic heterocycles. The summed E-state index contributed by atoms with van der Waals surface area (Å²) in [5.41, 5.74) is 7.11. The molecule has 4 heterocycles. The van der Waals surface area contributed by atoms with Crippen molar-refractivity contribution in [2.24, 2.45) is 0 Å². The molecule has 13 heteroatoms. The van der Waals surface area contributed by atoms with E-state index >= 15 is 0 Å². The molecule has 0 spiro atoms. The summed E-state index contributed by atoms with van der Waals surface area (Å²) in [6.45, 7) is 41.4. The van der Waals surface area contributed by atoms with Crippen molar-refractivity contribution in [1.29, 1.82) is 0 Å². The first-order valence-corrected chi connectivity index (χ1v) is 20.6. The van der Waals surface area contributed by atoms with Crippen LogP contribution in [0.1, 0.15) is 140 Å². The van der Waals surface area contributed by atoms with E-state index in [1.54, 1.807) is 37.2 Å². The molecule has 5 nitrogen and oxygen atoms in total. The first-order chi connectivity index (χ1) is 25.2. The molecule has 0 aromatic carbocycles. The molecule has 0 fully saturated rings. The van der Waals surface area contributed by atoms with Gasteiger partial charge in [0.1, 0.15) is 6.33 Å². The van der Waals surface area contributed by atoms with Gasteiger partial charge in [0.25, 0.3) is 0 Å². The summed E-state index contributed by atoms with van der Waals surface area (Å²) in [6, 6.07) is 13.7. The molecule has 6 radical (unpaired) electrons. The van der Waals surface area contributed by atoms with Crippen LogP contribution in [0.15, 0.2) is 122 Å². The third-order valence-electron chi connectivity index (χ3n) is 4.52. The van der Waals surface area contributed by atoms with E-state index in [0.717, 1.165) is 23.3 Å². The van der Waals surface area contributed by atoms with E-state index < -0.39 is 0 Å². The maximum Gasteiger partial charge on any atom is 0 e. The van der Waals surface area contributed by atoms with Crippen LogP contribution < -0.4 is 0 Å². The van der Waals surface area contributed by atoms with Crippen LogP contribution in [0, 0.1) is 78.8 Å². The smallest absolute Gasteiger partial charge is 0 e. The zero-order valence-electron chi connectivity index (χ0n) is 46.5. The quantitative estimate of drug-likeness (QED) is 0.187. The fourth-order valence-corrected chi connectivity index (χ4v) is 3.33. The van der Waals surface area contributed by atoms with Crippen LogP contribution in [-0.4, -0.2) is 29.3 Å². The van der Waals surface area contributed by atoms with Gasteiger partial charge in [0.05, 0.1) is 0 Å². The first-order valence-electron chi connectivity index (χ1n) is 18.9. The molecule has 66 heavy (non-hydrogen) atoms. The van der Waals surface area contributed by atoms with Crippen molar-refractivity contribution in [3.63, 3.8) is 0 Å². The van der Waals surface area contributed by atoms with Crippen molar-refractivity contribution >= 4 is 4.40 Å². The van der Waals surface area contributed by atoms with Gasteiger partial charge >= 0.3 is 49.3 Å². The third kappa shape index (κ3) is 144. The van der Waals surface area contributed by atoms with Gasteiger partial charge < -0.3 is 44.6 Å². The molecule has 0 N–H and O–H groups in total. The Bertz CT molecular complexity index is 1100. The van der Waals surface area contributed by atoms with Gasteiger partial charge in [0.15, 0.2) is 0 Å². The van der Waals surface area contributed by atoms with Crippen molar-refractivity contribution in [3.8, 4) is 0 Å². The van der Waals surface area contributed by atoms with E-state index in [9.17, 15) is 0 Å². The molecule has 0 saturated heterocycles. The van der Waals surface area contributed by atoms with Crippen LogP contribution in [0.3, 0.4) is 0 Å². The first kappa shape index (κ1) is 139. The summed E-state index contributed by atoms with van der Waals surface area (Å²) >= 11 is 1.50. The van der Waals surface area contributed by atoms with Gasteiger partial charge in [0, 0.05) is 266 Å². The second-order valence-electron chi connectivity index (χ2n) is 8.80. The molecule has 0 aliphatic heterocycles. The van der Waals surface area contributed by atoms with Gasteiger partial charge in [-0.2, -0.15) is 0 Å². The van der Waals surface area contributed by atoms with Gasteiger partial charge in [-0.1, -0.05) is 126 Å². The van der Waals surface area contributed by atoms with E-state index in [1.165, 1.54) is 48.8 Å². The van der Waals surface area contributed by atoms with Crippen LogP contribution in [0.4, 0.5) is 0 Å². The summed E-state index contributed by atoms with van der Waals surface area (Å²) in [5.74, 6) is 0. The molecule has 4 aromatic rings. The predicted molar refractivity (Wildman–Crippen MR) is 279 cm³/mol. The fourth-order valence-electron chi connectivity index (χ4n) is 2.38. The SMILES string of the molecule is C.CC.CC.CC.CC.CC.CC.CC1=CC=CC1.Cc1ccccn1.Cc1cccnc1.Cc1ccncc1.Cc1cncnc1.[CH-]=C(C)C[CH]=[W].[CH3-].[CH3-].[CH3-].[CH3-].[CH3-].[CH3-].[W].[Y].[Y].[Y].[Y].[Y].[Y]. The molecule has 0 atom stereocenters. The number of aromatic nitrogens is 5. The van der Waals surface area contributed by atoms with Crippen molar-refractivity contribution < 1.29 is 237 Å². The summed E-state index contributed by atoms with van der Waals surface area (Å²) < 4.78 is 2.12. The maximum atomic E-state index is 5.30. The average Bonchev–Trinajstić information content (AvgIpc) is 3.70. The number of allylic oxidation sites excluding steroid dienone is 5. The van der Waals surface area contributed by atoms with Crippen molar-refractivity contribution in [3.05, 3.63) is 195 Å². The van der Waals surface area contributed by atoms with Gasteiger partial charge in [-0.25, -0.2) is 9.97 Å².